The van der Waals surface area contributed by atoms with Crippen molar-refractivity contribution in [2.45, 2.75) is 25.2 Å². The summed E-state index contributed by atoms with van der Waals surface area (Å²) >= 11 is 0. The predicted octanol–water partition coefficient (Wildman–Crippen LogP) is 0.558. The van der Waals surface area contributed by atoms with E-state index < -0.39 is 12.2 Å². The summed E-state index contributed by atoms with van der Waals surface area (Å²) in [4.78, 5) is 3.59. The third-order valence-electron chi connectivity index (χ3n) is 1.56. The van der Waals surface area contributed by atoms with Crippen LogP contribution in [0, 0.1) is 0 Å². The van der Waals surface area contributed by atoms with Gasteiger partial charge in [0.05, 0.1) is 0 Å². The second-order valence-electron chi connectivity index (χ2n) is 2.60. The van der Waals surface area contributed by atoms with Crippen molar-refractivity contribution in [3.05, 3.63) is 12.7 Å². The van der Waals surface area contributed by atoms with Crippen LogP contribution in [0.15, 0.2) is 12.7 Å². The molecule has 0 saturated heterocycles. The van der Waals surface area contributed by atoms with Gasteiger partial charge in [-0.15, -0.1) is 0 Å². The SMILES string of the molecule is NC(CCn1cncn1)C(F)(F)F. The first-order valence-electron chi connectivity index (χ1n) is 3.65. The second-order valence-corrected chi connectivity index (χ2v) is 2.60. The normalized spacial score (nSPS) is 14.5. The van der Waals surface area contributed by atoms with E-state index in [1.807, 2.05) is 0 Å². The van der Waals surface area contributed by atoms with Gasteiger partial charge in [-0.1, -0.05) is 0 Å². The van der Waals surface area contributed by atoms with Crippen LogP contribution < -0.4 is 5.73 Å². The largest absolute Gasteiger partial charge is 0.403 e. The smallest absolute Gasteiger partial charge is 0.320 e. The standard InChI is InChI=1S/C6H9F3N4/c7-6(8,9)5(10)1-2-13-4-11-3-12-13/h3-5H,1-2,10H2. The van der Waals surface area contributed by atoms with Crippen molar-refractivity contribution in [3.63, 3.8) is 0 Å². The third-order valence-corrected chi connectivity index (χ3v) is 1.56. The molecule has 0 amide bonds. The van der Waals surface area contributed by atoms with Gasteiger partial charge in [0.15, 0.2) is 0 Å². The van der Waals surface area contributed by atoms with Crippen molar-refractivity contribution in [3.8, 4) is 0 Å². The Kier molecular flexibility index (Phi) is 2.86. The molecule has 0 aliphatic carbocycles. The van der Waals surface area contributed by atoms with E-state index in [1.165, 1.54) is 17.3 Å². The maximum Gasteiger partial charge on any atom is 0.403 e. The quantitative estimate of drug-likeness (QED) is 0.764. The van der Waals surface area contributed by atoms with Crippen LogP contribution >= 0.6 is 0 Å². The van der Waals surface area contributed by atoms with Crippen LogP contribution in [0.4, 0.5) is 13.2 Å². The molecule has 0 aromatic carbocycles. The highest BCUT2D eigenvalue weighted by atomic mass is 19.4. The van der Waals surface area contributed by atoms with Gasteiger partial charge in [0.25, 0.3) is 0 Å². The molecule has 0 saturated carbocycles. The van der Waals surface area contributed by atoms with Gasteiger partial charge in [0.1, 0.15) is 18.7 Å². The Morgan fingerprint density at radius 3 is 2.62 bits per heavy atom. The summed E-state index contributed by atoms with van der Waals surface area (Å²) < 4.78 is 37.0. The van der Waals surface area contributed by atoms with Crippen molar-refractivity contribution in [1.29, 1.82) is 0 Å². The molecule has 13 heavy (non-hydrogen) atoms. The minimum Gasteiger partial charge on any atom is -0.320 e. The molecule has 2 N–H and O–H groups in total. The van der Waals surface area contributed by atoms with Crippen LogP contribution in [0.25, 0.3) is 0 Å². The topological polar surface area (TPSA) is 56.7 Å². The van der Waals surface area contributed by atoms with E-state index in [-0.39, 0.29) is 13.0 Å². The fraction of sp³-hybridized carbons (Fsp3) is 0.667. The number of alkyl halides is 3. The summed E-state index contributed by atoms with van der Waals surface area (Å²) in [5.74, 6) is 0. The van der Waals surface area contributed by atoms with E-state index in [4.69, 9.17) is 5.73 Å². The third kappa shape index (κ3) is 3.02. The van der Waals surface area contributed by atoms with Crippen LogP contribution in [-0.2, 0) is 6.54 Å². The lowest BCUT2D eigenvalue weighted by atomic mass is 10.2. The van der Waals surface area contributed by atoms with Gasteiger partial charge in [0.2, 0.25) is 0 Å². The lowest BCUT2D eigenvalue weighted by molar-refractivity contribution is -0.149. The van der Waals surface area contributed by atoms with Crippen molar-refractivity contribution in [2.75, 3.05) is 0 Å². The van der Waals surface area contributed by atoms with E-state index in [9.17, 15) is 13.2 Å². The Labute approximate surface area is 72.6 Å². The summed E-state index contributed by atoms with van der Waals surface area (Å²) in [5.41, 5.74) is 4.88. The molecule has 1 heterocycles. The van der Waals surface area contributed by atoms with Crippen molar-refractivity contribution in [1.82, 2.24) is 14.8 Å². The van der Waals surface area contributed by atoms with E-state index in [1.54, 1.807) is 0 Å². The number of aryl methyl sites for hydroxylation is 1. The summed E-state index contributed by atoms with van der Waals surface area (Å²) in [6, 6.07) is -1.79. The molecule has 74 valence electrons. The molecule has 0 fully saturated rings. The number of nitrogens with two attached hydrogens (primary N) is 1. The van der Waals surface area contributed by atoms with Crippen LogP contribution in [0.5, 0.6) is 0 Å². The van der Waals surface area contributed by atoms with Gasteiger partial charge in [-0.3, -0.25) is 4.68 Å². The molecule has 0 aliphatic rings. The van der Waals surface area contributed by atoms with Gasteiger partial charge in [-0.05, 0) is 6.42 Å². The molecule has 1 atom stereocenters. The highest BCUT2D eigenvalue weighted by Crippen LogP contribution is 2.20. The minimum absolute atomic E-state index is 0.126. The first-order chi connectivity index (χ1) is 6.00. The molecule has 0 spiro atoms. The molecule has 1 aromatic heterocycles. The van der Waals surface area contributed by atoms with Gasteiger partial charge in [-0.25, -0.2) is 4.98 Å². The molecule has 1 aromatic rings. The van der Waals surface area contributed by atoms with E-state index >= 15 is 0 Å². The average Bonchev–Trinajstić information content (AvgIpc) is 2.50. The summed E-state index contributed by atoms with van der Waals surface area (Å²) in [5, 5.41) is 3.65. The summed E-state index contributed by atoms with van der Waals surface area (Å²) in [6.45, 7) is 0.126. The van der Waals surface area contributed by atoms with Crippen molar-refractivity contribution < 1.29 is 13.2 Å². The summed E-state index contributed by atoms with van der Waals surface area (Å²) in [6.07, 6.45) is -1.91. The van der Waals surface area contributed by atoms with E-state index in [2.05, 4.69) is 10.1 Å². The highest BCUT2D eigenvalue weighted by molar-refractivity contribution is 4.70. The fourth-order valence-corrected chi connectivity index (χ4v) is 0.783. The molecule has 0 aliphatic heterocycles. The number of nitrogens with zero attached hydrogens (tertiary/aromatic N) is 3. The van der Waals surface area contributed by atoms with Crippen LogP contribution in [0.2, 0.25) is 0 Å². The first-order valence-corrected chi connectivity index (χ1v) is 3.65. The van der Waals surface area contributed by atoms with Crippen molar-refractivity contribution >= 4 is 0 Å². The Morgan fingerprint density at radius 2 is 2.15 bits per heavy atom. The molecule has 0 radical (unpaired) electrons. The lowest BCUT2D eigenvalue weighted by Gasteiger charge is -2.14. The summed E-state index contributed by atoms with van der Waals surface area (Å²) in [7, 11) is 0. The van der Waals surface area contributed by atoms with E-state index in [0.717, 1.165) is 0 Å². The molecule has 7 heteroatoms. The number of hydrogen-bond donors (Lipinski definition) is 1. The van der Waals surface area contributed by atoms with Crippen LogP contribution in [-0.4, -0.2) is 27.0 Å². The Balaban J connectivity index is 2.35. The number of aromatic nitrogens is 3. The second kappa shape index (κ2) is 3.73. The maximum absolute atomic E-state index is 11.9. The zero-order chi connectivity index (χ0) is 9.90. The first kappa shape index (κ1) is 9.97. The molecule has 1 rings (SSSR count). The Bertz CT molecular complexity index is 243. The van der Waals surface area contributed by atoms with Crippen LogP contribution in [0.1, 0.15) is 6.42 Å². The van der Waals surface area contributed by atoms with Gasteiger partial charge < -0.3 is 5.73 Å². The predicted molar refractivity (Wildman–Crippen MR) is 38.7 cm³/mol. The molecular weight excluding hydrogens is 185 g/mol. The van der Waals surface area contributed by atoms with Crippen molar-refractivity contribution in [2.24, 2.45) is 5.73 Å². The van der Waals surface area contributed by atoms with Gasteiger partial charge in [-0.2, -0.15) is 18.3 Å². The van der Waals surface area contributed by atoms with Crippen LogP contribution in [0.3, 0.4) is 0 Å². The Hall–Kier alpha value is -1.11. The number of rotatable bonds is 3. The fourth-order valence-electron chi connectivity index (χ4n) is 0.783. The number of hydrogen-bond acceptors (Lipinski definition) is 3. The molecule has 4 nitrogen and oxygen atoms in total. The minimum atomic E-state index is -4.33. The maximum atomic E-state index is 11.9. The van der Waals surface area contributed by atoms with Gasteiger partial charge in [0, 0.05) is 6.54 Å². The zero-order valence-electron chi connectivity index (χ0n) is 6.70. The highest BCUT2D eigenvalue weighted by Gasteiger charge is 2.36. The molecule has 0 bridgehead atoms. The molecule has 1 unspecified atom stereocenters. The molecular formula is C6H9F3N4. The van der Waals surface area contributed by atoms with E-state index in [0.29, 0.717) is 0 Å². The van der Waals surface area contributed by atoms with Gasteiger partial charge >= 0.3 is 6.18 Å². The Morgan fingerprint density at radius 1 is 1.46 bits per heavy atom. The lowest BCUT2D eigenvalue weighted by Crippen LogP contribution is -2.38. The average molecular weight is 194 g/mol. The number of halogens is 3. The monoisotopic (exact) mass is 194 g/mol. The zero-order valence-corrected chi connectivity index (χ0v) is 6.70.